The van der Waals surface area contributed by atoms with Crippen LogP contribution in [0.25, 0.3) is 11.4 Å². The van der Waals surface area contributed by atoms with Gasteiger partial charge in [0.15, 0.2) is 11.4 Å². The first-order valence-electron chi connectivity index (χ1n) is 9.08. The molecule has 0 saturated heterocycles. The van der Waals surface area contributed by atoms with Gasteiger partial charge in [-0.1, -0.05) is 17.3 Å². The molecule has 0 aliphatic rings. The van der Waals surface area contributed by atoms with Crippen molar-refractivity contribution in [3.05, 3.63) is 89.8 Å². The lowest BCUT2D eigenvalue weighted by atomic mass is 10.2. The Morgan fingerprint density at radius 3 is 2.56 bits per heavy atom. The van der Waals surface area contributed by atoms with E-state index in [-0.39, 0.29) is 17.9 Å². The van der Waals surface area contributed by atoms with Gasteiger partial charge in [-0.15, -0.1) is 5.10 Å². The van der Waals surface area contributed by atoms with E-state index >= 15 is 0 Å². The summed E-state index contributed by atoms with van der Waals surface area (Å²) in [7, 11) is 0. The minimum absolute atomic E-state index is 0.218. The van der Waals surface area contributed by atoms with Crippen molar-refractivity contribution in [3.63, 3.8) is 0 Å². The molecule has 32 heavy (non-hydrogen) atoms. The first kappa shape index (κ1) is 21.2. The number of carbonyl (C=O) groups is 1. The number of rotatable bonds is 5. The van der Waals surface area contributed by atoms with Gasteiger partial charge in [0, 0.05) is 18.9 Å². The maximum absolute atomic E-state index is 14.3. The summed E-state index contributed by atoms with van der Waals surface area (Å²) in [5.41, 5.74) is -2.17. The van der Waals surface area contributed by atoms with Crippen molar-refractivity contribution in [2.75, 3.05) is 0 Å². The Morgan fingerprint density at radius 2 is 1.91 bits per heavy atom. The van der Waals surface area contributed by atoms with Gasteiger partial charge in [0.25, 0.3) is 5.91 Å². The second-order valence-electron chi connectivity index (χ2n) is 6.61. The fourth-order valence-corrected chi connectivity index (χ4v) is 3.02. The zero-order valence-electron chi connectivity index (χ0n) is 16.0. The lowest BCUT2D eigenvalue weighted by molar-refractivity contribution is -0.143. The lowest BCUT2D eigenvalue weighted by Gasteiger charge is -2.12. The number of imidazole rings is 1. The molecule has 0 saturated carbocycles. The van der Waals surface area contributed by atoms with E-state index in [1.165, 1.54) is 41.4 Å². The Balaban J connectivity index is 1.57. The van der Waals surface area contributed by atoms with Gasteiger partial charge >= 0.3 is 6.18 Å². The van der Waals surface area contributed by atoms with E-state index in [0.717, 1.165) is 18.2 Å². The van der Waals surface area contributed by atoms with Crippen LogP contribution in [0, 0.1) is 11.6 Å². The predicted octanol–water partition coefficient (Wildman–Crippen LogP) is 3.68. The molecular formula is C20H13F5N6O. The van der Waals surface area contributed by atoms with E-state index < -0.39 is 35.1 Å². The standard InChI is InChI=1S/C20H13F5N6O/c21-13-2-1-3-14(9-13)31-18(20(23,24)25)17(28-29-31)19(32)27-10-12-4-5-16(15(22)8-12)30-7-6-26-11-30/h1-9,11H,10H2,(H,27,32). The van der Waals surface area contributed by atoms with Crippen molar-refractivity contribution in [2.24, 2.45) is 0 Å². The highest BCUT2D eigenvalue weighted by atomic mass is 19.4. The van der Waals surface area contributed by atoms with Gasteiger partial charge in [0.1, 0.15) is 11.6 Å². The average Bonchev–Trinajstić information content (AvgIpc) is 3.42. The van der Waals surface area contributed by atoms with Crippen LogP contribution in [0.4, 0.5) is 22.0 Å². The average molecular weight is 448 g/mol. The van der Waals surface area contributed by atoms with Crippen molar-refractivity contribution in [1.29, 1.82) is 0 Å². The van der Waals surface area contributed by atoms with E-state index in [1.54, 1.807) is 6.20 Å². The van der Waals surface area contributed by atoms with Gasteiger partial charge in [0.05, 0.1) is 17.7 Å². The first-order valence-corrected chi connectivity index (χ1v) is 9.08. The van der Waals surface area contributed by atoms with Gasteiger partial charge in [-0.2, -0.15) is 13.2 Å². The Kier molecular flexibility index (Phi) is 5.43. The second-order valence-corrected chi connectivity index (χ2v) is 6.61. The third-order valence-corrected chi connectivity index (χ3v) is 4.45. The molecule has 1 amide bonds. The van der Waals surface area contributed by atoms with Crippen molar-refractivity contribution >= 4 is 5.91 Å². The molecule has 1 N–H and O–H groups in total. The van der Waals surface area contributed by atoms with Crippen molar-refractivity contribution in [2.45, 2.75) is 12.7 Å². The largest absolute Gasteiger partial charge is 0.435 e. The predicted molar refractivity (Wildman–Crippen MR) is 101 cm³/mol. The van der Waals surface area contributed by atoms with Crippen LogP contribution in [0.3, 0.4) is 0 Å². The lowest BCUT2D eigenvalue weighted by Crippen LogP contribution is -2.27. The summed E-state index contributed by atoms with van der Waals surface area (Å²) >= 11 is 0. The van der Waals surface area contributed by atoms with Crippen molar-refractivity contribution < 1.29 is 26.7 Å². The van der Waals surface area contributed by atoms with E-state index in [0.29, 0.717) is 10.2 Å². The molecule has 0 unspecified atom stereocenters. The van der Waals surface area contributed by atoms with Crippen LogP contribution in [-0.4, -0.2) is 30.5 Å². The molecule has 2 aromatic heterocycles. The Hall–Kier alpha value is -4.09. The Morgan fingerprint density at radius 1 is 1.09 bits per heavy atom. The maximum Gasteiger partial charge on any atom is 0.435 e. The molecular weight excluding hydrogens is 435 g/mol. The summed E-state index contributed by atoms with van der Waals surface area (Å²) in [6.07, 6.45) is -0.579. The topological polar surface area (TPSA) is 77.6 Å². The van der Waals surface area contributed by atoms with Gasteiger partial charge in [-0.05, 0) is 35.9 Å². The molecule has 0 bridgehead atoms. The zero-order valence-corrected chi connectivity index (χ0v) is 16.0. The summed E-state index contributed by atoms with van der Waals surface area (Å²) in [4.78, 5) is 16.3. The van der Waals surface area contributed by atoms with Gasteiger partial charge < -0.3 is 9.88 Å². The molecule has 0 spiro atoms. The fourth-order valence-electron chi connectivity index (χ4n) is 3.02. The van der Waals surface area contributed by atoms with Crippen molar-refractivity contribution in [1.82, 2.24) is 29.9 Å². The van der Waals surface area contributed by atoms with E-state index in [9.17, 15) is 26.7 Å². The SMILES string of the molecule is O=C(NCc1ccc(-n2ccnc2)c(F)c1)c1nnn(-c2cccc(F)c2)c1C(F)(F)F. The summed E-state index contributed by atoms with van der Waals surface area (Å²) in [5, 5.41) is 8.99. The number of hydrogen-bond acceptors (Lipinski definition) is 4. The van der Waals surface area contributed by atoms with Gasteiger partial charge in [-0.3, -0.25) is 4.79 Å². The molecule has 0 atom stereocenters. The molecule has 4 aromatic rings. The van der Waals surface area contributed by atoms with E-state index in [1.807, 2.05) is 0 Å². The monoisotopic (exact) mass is 448 g/mol. The molecule has 2 heterocycles. The van der Waals surface area contributed by atoms with Crippen LogP contribution in [0.5, 0.6) is 0 Å². The number of amides is 1. The highest BCUT2D eigenvalue weighted by molar-refractivity contribution is 5.93. The molecule has 2 aromatic carbocycles. The van der Waals surface area contributed by atoms with Crippen LogP contribution >= 0.6 is 0 Å². The van der Waals surface area contributed by atoms with Crippen LogP contribution < -0.4 is 5.32 Å². The third-order valence-electron chi connectivity index (χ3n) is 4.45. The molecule has 4 rings (SSSR count). The number of nitrogens with one attached hydrogen (secondary N) is 1. The first-order chi connectivity index (χ1) is 15.2. The third kappa shape index (κ3) is 4.19. The number of carbonyl (C=O) groups excluding carboxylic acids is 1. The van der Waals surface area contributed by atoms with Crippen molar-refractivity contribution in [3.8, 4) is 11.4 Å². The number of benzene rings is 2. The minimum Gasteiger partial charge on any atom is -0.346 e. The molecule has 0 aliphatic heterocycles. The molecule has 0 radical (unpaired) electrons. The summed E-state index contributed by atoms with van der Waals surface area (Å²) in [5.74, 6) is -2.56. The normalized spacial score (nSPS) is 11.5. The molecule has 12 heteroatoms. The van der Waals surface area contributed by atoms with Gasteiger partial charge in [0.2, 0.25) is 0 Å². The summed E-state index contributed by atoms with van der Waals surface area (Å²) in [6, 6.07) is 8.37. The fraction of sp³-hybridized carbons (Fsp3) is 0.100. The molecule has 0 aliphatic carbocycles. The second kappa shape index (κ2) is 8.21. The number of halogens is 5. The minimum atomic E-state index is -5.00. The summed E-state index contributed by atoms with van der Waals surface area (Å²) < 4.78 is 70.5. The molecule has 7 nitrogen and oxygen atoms in total. The number of aromatic nitrogens is 5. The molecule has 164 valence electrons. The van der Waals surface area contributed by atoms with Crippen LogP contribution in [-0.2, 0) is 12.7 Å². The Labute approximate surface area is 177 Å². The van der Waals surface area contributed by atoms with E-state index in [4.69, 9.17) is 0 Å². The zero-order chi connectivity index (χ0) is 22.9. The highest BCUT2D eigenvalue weighted by Crippen LogP contribution is 2.32. The maximum atomic E-state index is 14.3. The van der Waals surface area contributed by atoms with Crippen LogP contribution in [0.15, 0.2) is 61.2 Å². The quantitative estimate of drug-likeness (QED) is 0.473. The Bertz CT molecular complexity index is 1270. The van der Waals surface area contributed by atoms with E-state index in [2.05, 4.69) is 20.6 Å². The number of hydrogen-bond donors (Lipinski definition) is 1. The van der Waals surface area contributed by atoms with Crippen LogP contribution in [0.2, 0.25) is 0 Å². The smallest absolute Gasteiger partial charge is 0.346 e. The summed E-state index contributed by atoms with van der Waals surface area (Å²) in [6.45, 7) is -0.260. The number of alkyl halides is 3. The van der Waals surface area contributed by atoms with Crippen LogP contribution in [0.1, 0.15) is 21.7 Å². The molecule has 0 fully saturated rings. The highest BCUT2D eigenvalue weighted by Gasteiger charge is 2.42. The number of nitrogens with zero attached hydrogens (tertiary/aromatic N) is 5. The van der Waals surface area contributed by atoms with Gasteiger partial charge in [-0.25, -0.2) is 18.4 Å².